The lowest BCUT2D eigenvalue weighted by Crippen LogP contribution is -2.58. The summed E-state index contributed by atoms with van der Waals surface area (Å²) in [5.74, 6) is 0.288. The smallest absolute Gasteiger partial charge is 0.237 e. The van der Waals surface area contributed by atoms with Crippen LogP contribution in [0.2, 0.25) is 0 Å². The van der Waals surface area contributed by atoms with E-state index in [4.69, 9.17) is 10.5 Å². The fraction of sp³-hybridized carbons (Fsp3) is 0.923. The van der Waals surface area contributed by atoms with Gasteiger partial charge in [-0.15, -0.1) is 0 Å². The highest BCUT2D eigenvalue weighted by Crippen LogP contribution is 2.30. The average Bonchev–Trinajstić information content (AvgIpc) is 2.27. The first-order chi connectivity index (χ1) is 8.00. The van der Waals surface area contributed by atoms with Gasteiger partial charge in [-0.25, -0.2) is 0 Å². The second kappa shape index (κ2) is 6.36. The fourth-order valence-corrected chi connectivity index (χ4v) is 2.50. The Morgan fingerprint density at radius 1 is 1.59 bits per heavy atom. The summed E-state index contributed by atoms with van der Waals surface area (Å²) in [6, 6.07) is 0. The number of nitrogens with two attached hydrogens (primary N) is 1. The fourth-order valence-electron chi connectivity index (χ4n) is 2.50. The Balaban J connectivity index is 2.58. The number of hydrogen-bond donors (Lipinski definition) is 2. The Labute approximate surface area is 104 Å². The third-order valence-corrected chi connectivity index (χ3v) is 3.36. The van der Waals surface area contributed by atoms with E-state index >= 15 is 0 Å². The number of primary amides is 1. The zero-order valence-electron chi connectivity index (χ0n) is 11.3. The molecule has 0 aromatic carbocycles. The van der Waals surface area contributed by atoms with Gasteiger partial charge in [-0.2, -0.15) is 0 Å². The van der Waals surface area contributed by atoms with Crippen molar-refractivity contribution in [2.75, 3.05) is 13.2 Å². The van der Waals surface area contributed by atoms with Gasteiger partial charge in [-0.1, -0.05) is 20.8 Å². The molecule has 4 nitrogen and oxygen atoms in total. The minimum Gasteiger partial charge on any atom is -0.378 e. The Hall–Kier alpha value is -0.610. The molecule has 0 aromatic heterocycles. The van der Waals surface area contributed by atoms with Crippen molar-refractivity contribution in [1.29, 1.82) is 0 Å². The van der Waals surface area contributed by atoms with Gasteiger partial charge in [0.1, 0.15) is 5.54 Å². The maximum atomic E-state index is 11.7. The summed E-state index contributed by atoms with van der Waals surface area (Å²) in [5, 5.41) is 3.26. The molecule has 4 heteroatoms. The number of likely N-dealkylation sites (N-methyl/N-ethyl adjacent to an activating group) is 1. The Morgan fingerprint density at radius 3 is 2.82 bits per heavy atom. The Bertz CT molecular complexity index is 252. The molecule has 3 N–H and O–H groups in total. The molecule has 1 rings (SSSR count). The van der Waals surface area contributed by atoms with Crippen molar-refractivity contribution < 1.29 is 9.53 Å². The molecule has 2 atom stereocenters. The van der Waals surface area contributed by atoms with Gasteiger partial charge in [0.25, 0.3) is 0 Å². The van der Waals surface area contributed by atoms with Crippen molar-refractivity contribution in [1.82, 2.24) is 5.32 Å². The van der Waals surface area contributed by atoms with E-state index in [1.165, 1.54) is 0 Å². The zero-order valence-corrected chi connectivity index (χ0v) is 11.3. The van der Waals surface area contributed by atoms with Crippen LogP contribution < -0.4 is 11.1 Å². The maximum Gasteiger partial charge on any atom is 0.237 e. The number of nitrogens with one attached hydrogen (secondary N) is 1. The first-order valence-electron chi connectivity index (χ1n) is 6.66. The van der Waals surface area contributed by atoms with Crippen molar-refractivity contribution in [3.05, 3.63) is 0 Å². The van der Waals surface area contributed by atoms with Crippen LogP contribution in [0.3, 0.4) is 0 Å². The first kappa shape index (κ1) is 14.5. The molecular formula is C13H26N2O2. The summed E-state index contributed by atoms with van der Waals surface area (Å²) in [6.45, 7) is 7.79. The SMILES string of the molecule is CCNC1(C(N)=O)CCCC(OCC(C)C)C1. The summed E-state index contributed by atoms with van der Waals surface area (Å²) in [4.78, 5) is 11.7. The van der Waals surface area contributed by atoms with E-state index in [9.17, 15) is 4.79 Å². The molecule has 0 radical (unpaired) electrons. The maximum absolute atomic E-state index is 11.7. The number of carbonyl (C=O) groups excluding carboxylic acids is 1. The van der Waals surface area contributed by atoms with Crippen LogP contribution in [0.4, 0.5) is 0 Å². The normalized spacial score (nSPS) is 29.5. The summed E-state index contributed by atoms with van der Waals surface area (Å²) >= 11 is 0. The minimum atomic E-state index is -0.547. The highest BCUT2D eigenvalue weighted by Gasteiger charge is 2.41. The second-order valence-electron chi connectivity index (χ2n) is 5.42. The van der Waals surface area contributed by atoms with Gasteiger partial charge >= 0.3 is 0 Å². The highest BCUT2D eigenvalue weighted by molar-refractivity contribution is 5.84. The van der Waals surface area contributed by atoms with Gasteiger partial charge < -0.3 is 15.8 Å². The van der Waals surface area contributed by atoms with Gasteiger partial charge in [-0.3, -0.25) is 4.79 Å². The number of hydrogen-bond acceptors (Lipinski definition) is 3. The number of amides is 1. The van der Waals surface area contributed by atoms with Crippen LogP contribution in [0.1, 0.15) is 46.5 Å². The zero-order chi connectivity index (χ0) is 12.9. The lowest BCUT2D eigenvalue weighted by atomic mass is 9.79. The van der Waals surface area contributed by atoms with Crippen molar-refractivity contribution in [3.8, 4) is 0 Å². The molecule has 0 spiro atoms. The van der Waals surface area contributed by atoms with E-state index < -0.39 is 5.54 Å². The average molecular weight is 242 g/mol. The standard InChI is InChI=1S/C13H26N2O2/c1-4-15-13(12(14)16)7-5-6-11(8-13)17-9-10(2)3/h10-11,15H,4-9H2,1-3H3,(H2,14,16). The van der Waals surface area contributed by atoms with Gasteiger partial charge in [0.15, 0.2) is 0 Å². The summed E-state index contributed by atoms with van der Waals surface area (Å²) in [5.41, 5.74) is 5.00. The van der Waals surface area contributed by atoms with Crippen molar-refractivity contribution in [2.45, 2.75) is 58.1 Å². The summed E-state index contributed by atoms with van der Waals surface area (Å²) in [7, 11) is 0. The number of rotatable bonds is 6. The molecule has 1 amide bonds. The monoisotopic (exact) mass is 242 g/mol. The van der Waals surface area contributed by atoms with Crippen LogP contribution in [0.5, 0.6) is 0 Å². The molecule has 1 fully saturated rings. The summed E-state index contributed by atoms with van der Waals surface area (Å²) < 4.78 is 5.85. The van der Waals surface area contributed by atoms with Crippen LogP contribution >= 0.6 is 0 Å². The van der Waals surface area contributed by atoms with Crippen LogP contribution in [0.25, 0.3) is 0 Å². The van der Waals surface area contributed by atoms with Gasteiger partial charge in [0, 0.05) is 13.0 Å². The highest BCUT2D eigenvalue weighted by atomic mass is 16.5. The quantitative estimate of drug-likeness (QED) is 0.740. The molecule has 1 aliphatic rings. The molecule has 0 bridgehead atoms. The molecule has 100 valence electrons. The molecule has 0 heterocycles. The first-order valence-corrected chi connectivity index (χ1v) is 6.66. The van der Waals surface area contributed by atoms with Crippen LogP contribution in [-0.4, -0.2) is 30.7 Å². The second-order valence-corrected chi connectivity index (χ2v) is 5.42. The third kappa shape index (κ3) is 3.96. The number of carbonyl (C=O) groups is 1. The molecule has 0 aromatic rings. The predicted octanol–water partition coefficient (Wildman–Crippen LogP) is 1.44. The van der Waals surface area contributed by atoms with E-state index in [1.807, 2.05) is 6.92 Å². The minimum absolute atomic E-state index is 0.165. The van der Waals surface area contributed by atoms with Crippen molar-refractivity contribution in [2.24, 2.45) is 11.7 Å². The van der Waals surface area contributed by atoms with Crippen LogP contribution in [-0.2, 0) is 9.53 Å². The molecule has 0 aliphatic heterocycles. The molecule has 2 unspecified atom stereocenters. The third-order valence-electron chi connectivity index (χ3n) is 3.36. The van der Waals surface area contributed by atoms with E-state index in [-0.39, 0.29) is 12.0 Å². The van der Waals surface area contributed by atoms with E-state index in [0.29, 0.717) is 12.3 Å². The summed E-state index contributed by atoms with van der Waals surface area (Å²) in [6.07, 6.45) is 3.74. The molecule has 17 heavy (non-hydrogen) atoms. The van der Waals surface area contributed by atoms with E-state index in [1.54, 1.807) is 0 Å². The Morgan fingerprint density at radius 2 is 2.29 bits per heavy atom. The van der Waals surface area contributed by atoms with Gasteiger partial charge in [0.05, 0.1) is 6.10 Å². The van der Waals surface area contributed by atoms with Crippen LogP contribution in [0, 0.1) is 5.92 Å². The molecule has 0 saturated heterocycles. The van der Waals surface area contributed by atoms with E-state index in [0.717, 1.165) is 32.4 Å². The molecule has 1 saturated carbocycles. The lowest BCUT2D eigenvalue weighted by Gasteiger charge is -2.39. The van der Waals surface area contributed by atoms with Gasteiger partial charge in [-0.05, 0) is 31.7 Å². The topological polar surface area (TPSA) is 64.3 Å². The van der Waals surface area contributed by atoms with Crippen molar-refractivity contribution in [3.63, 3.8) is 0 Å². The predicted molar refractivity (Wildman–Crippen MR) is 68.6 cm³/mol. The van der Waals surface area contributed by atoms with E-state index in [2.05, 4.69) is 19.2 Å². The van der Waals surface area contributed by atoms with Crippen molar-refractivity contribution >= 4 is 5.91 Å². The number of ether oxygens (including phenoxy) is 1. The molecular weight excluding hydrogens is 216 g/mol. The Kier molecular flexibility index (Phi) is 5.40. The van der Waals surface area contributed by atoms with Crippen LogP contribution in [0.15, 0.2) is 0 Å². The molecule has 1 aliphatic carbocycles. The van der Waals surface area contributed by atoms with Gasteiger partial charge in [0.2, 0.25) is 5.91 Å². The lowest BCUT2D eigenvalue weighted by molar-refractivity contribution is -0.128. The largest absolute Gasteiger partial charge is 0.378 e.